The first-order valence-corrected chi connectivity index (χ1v) is 9.36. The number of hydrogen-bond donors (Lipinski definition) is 1. The van der Waals surface area contributed by atoms with Crippen molar-refractivity contribution in [2.45, 2.75) is 0 Å². The van der Waals surface area contributed by atoms with Crippen LogP contribution in [0.4, 0.5) is 5.69 Å². The highest BCUT2D eigenvalue weighted by Crippen LogP contribution is 2.28. The highest BCUT2D eigenvalue weighted by atomic mass is 79.9. The largest absolute Gasteiger partial charge is 0.507 e. The van der Waals surface area contributed by atoms with Gasteiger partial charge in [0, 0.05) is 26.3 Å². The lowest BCUT2D eigenvalue weighted by Crippen LogP contribution is -1.82. The van der Waals surface area contributed by atoms with Gasteiger partial charge in [-0.05, 0) is 60.7 Å². The van der Waals surface area contributed by atoms with Crippen molar-refractivity contribution in [3.8, 4) is 17.2 Å². The van der Waals surface area contributed by atoms with E-state index in [1.807, 2.05) is 42.5 Å². The van der Waals surface area contributed by atoms with E-state index in [9.17, 15) is 5.11 Å². The number of hydrogen-bond acceptors (Lipinski definition) is 4. The molecule has 0 fully saturated rings. The summed E-state index contributed by atoms with van der Waals surface area (Å²) < 4.78 is 7.70. The molecule has 1 N–H and O–H groups in total. The Kier molecular flexibility index (Phi) is 4.61. The van der Waals surface area contributed by atoms with Crippen molar-refractivity contribution in [2.24, 2.45) is 4.99 Å². The van der Waals surface area contributed by atoms with Crippen LogP contribution in [-0.4, -0.2) is 16.3 Å². The molecule has 1 heterocycles. The van der Waals surface area contributed by atoms with Crippen LogP contribution in [0.25, 0.3) is 22.6 Å². The number of phenols is 1. The van der Waals surface area contributed by atoms with Crippen LogP contribution in [0.2, 0.25) is 0 Å². The predicted molar refractivity (Wildman–Crippen MR) is 110 cm³/mol. The predicted octanol–water partition coefficient (Wildman–Crippen LogP) is 6.48. The minimum atomic E-state index is 0.178. The highest BCUT2D eigenvalue weighted by molar-refractivity contribution is 9.10. The number of fused-ring (bicyclic) bond motifs is 1. The first-order chi connectivity index (χ1) is 12.6. The monoisotopic (exact) mass is 470 g/mol. The molecule has 1 aromatic heterocycles. The molecule has 6 heteroatoms. The third-order valence-corrected chi connectivity index (χ3v) is 4.83. The SMILES string of the molecule is Oc1ccc(Br)cc1C=Nc1ccc2oc(-c3ccc(Br)cc3)nc2c1. The summed E-state index contributed by atoms with van der Waals surface area (Å²) in [6, 6.07) is 18.5. The van der Waals surface area contributed by atoms with Gasteiger partial charge in [-0.1, -0.05) is 31.9 Å². The maximum Gasteiger partial charge on any atom is 0.227 e. The van der Waals surface area contributed by atoms with E-state index >= 15 is 0 Å². The molecule has 4 nitrogen and oxygen atoms in total. The van der Waals surface area contributed by atoms with Crippen LogP contribution in [0.5, 0.6) is 5.75 Å². The lowest BCUT2D eigenvalue weighted by molar-refractivity contribution is 0.474. The molecule has 4 rings (SSSR count). The molecule has 3 aromatic carbocycles. The Bertz CT molecular complexity index is 1120. The molecule has 26 heavy (non-hydrogen) atoms. The fourth-order valence-corrected chi connectivity index (χ4v) is 3.13. The van der Waals surface area contributed by atoms with Crippen LogP contribution in [0.15, 0.2) is 79.0 Å². The van der Waals surface area contributed by atoms with Gasteiger partial charge >= 0.3 is 0 Å². The molecule has 0 saturated heterocycles. The van der Waals surface area contributed by atoms with Crippen LogP contribution >= 0.6 is 31.9 Å². The Morgan fingerprint density at radius 3 is 2.50 bits per heavy atom. The van der Waals surface area contributed by atoms with Gasteiger partial charge in [0.15, 0.2) is 5.58 Å². The summed E-state index contributed by atoms with van der Waals surface area (Å²) in [5, 5.41) is 9.89. The minimum absolute atomic E-state index is 0.178. The summed E-state index contributed by atoms with van der Waals surface area (Å²) in [4.78, 5) is 8.98. The summed E-state index contributed by atoms with van der Waals surface area (Å²) in [6.45, 7) is 0. The Morgan fingerprint density at radius 1 is 0.923 bits per heavy atom. The van der Waals surface area contributed by atoms with Gasteiger partial charge in [0.25, 0.3) is 0 Å². The van der Waals surface area contributed by atoms with Crippen molar-refractivity contribution in [2.75, 3.05) is 0 Å². The van der Waals surface area contributed by atoms with Crippen LogP contribution < -0.4 is 0 Å². The summed E-state index contributed by atoms with van der Waals surface area (Å²) >= 11 is 6.81. The van der Waals surface area contributed by atoms with Crippen LogP contribution in [0.3, 0.4) is 0 Å². The van der Waals surface area contributed by atoms with Crippen molar-refractivity contribution in [1.29, 1.82) is 0 Å². The number of aromatic hydroxyl groups is 1. The van der Waals surface area contributed by atoms with E-state index in [1.165, 1.54) is 0 Å². The molecular weight excluding hydrogens is 460 g/mol. The number of rotatable bonds is 3. The molecule has 0 bridgehead atoms. The molecule has 0 aliphatic carbocycles. The smallest absolute Gasteiger partial charge is 0.227 e. The van der Waals surface area contributed by atoms with E-state index < -0.39 is 0 Å². The molecule has 0 saturated carbocycles. The fourth-order valence-electron chi connectivity index (χ4n) is 2.48. The summed E-state index contributed by atoms with van der Waals surface area (Å²) in [7, 11) is 0. The standard InChI is InChI=1S/C20H12Br2N2O2/c21-14-3-1-12(2-4-14)20-24-17-10-16(6-8-19(17)26-20)23-11-13-9-15(22)5-7-18(13)25/h1-11,25H. The van der Waals surface area contributed by atoms with E-state index in [0.717, 1.165) is 25.7 Å². The van der Waals surface area contributed by atoms with Crippen LogP contribution in [0, 0.1) is 0 Å². The van der Waals surface area contributed by atoms with Crippen molar-refractivity contribution >= 4 is 54.9 Å². The lowest BCUT2D eigenvalue weighted by Gasteiger charge is -1.99. The number of phenolic OH excluding ortho intramolecular Hbond substituents is 1. The van der Waals surface area contributed by atoms with Gasteiger partial charge in [-0.3, -0.25) is 4.99 Å². The second-order valence-electron chi connectivity index (χ2n) is 5.64. The summed E-state index contributed by atoms with van der Waals surface area (Å²) in [5.74, 6) is 0.746. The molecule has 0 aliphatic heterocycles. The van der Waals surface area contributed by atoms with Gasteiger partial charge in [0.2, 0.25) is 5.89 Å². The number of halogens is 2. The van der Waals surface area contributed by atoms with Crippen molar-refractivity contribution in [3.05, 3.63) is 75.2 Å². The quantitative estimate of drug-likeness (QED) is 0.348. The maximum absolute atomic E-state index is 9.89. The van der Waals surface area contributed by atoms with Gasteiger partial charge in [0.05, 0.1) is 5.69 Å². The van der Waals surface area contributed by atoms with Crippen LogP contribution in [-0.2, 0) is 0 Å². The zero-order valence-electron chi connectivity index (χ0n) is 13.4. The number of aliphatic imine (C=N–C) groups is 1. The topological polar surface area (TPSA) is 58.6 Å². The van der Waals surface area contributed by atoms with Gasteiger partial charge in [0.1, 0.15) is 11.3 Å². The van der Waals surface area contributed by atoms with Crippen LogP contribution in [0.1, 0.15) is 5.56 Å². The van der Waals surface area contributed by atoms with Crippen molar-refractivity contribution < 1.29 is 9.52 Å². The Labute approximate surface area is 166 Å². The first-order valence-electron chi connectivity index (χ1n) is 7.77. The summed E-state index contributed by atoms with van der Waals surface area (Å²) in [5.41, 5.74) is 3.71. The van der Waals surface area contributed by atoms with E-state index in [0.29, 0.717) is 17.0 Å². The van der Waals surface area contributed by atoms with Gasteiger partial charge in [-0.15, -0.1) is 0 Å². The second-order valence-corrected chi connectivity index (χ2v) is 7.47. The molecule has 0 aliphatic rings. The maximum atomic E-state index is 9.89. The average molecular weight is 472 g/mol. The van der Waals surface area contributed by atoms with Gasteiger partial charge in [-0.2, -0.15) is 0 Å². The minimum Gasteiger partial charge on any atom is -0.507 e. The first kappa shape index (κ1) is 17.0. The normalized spacial score (nSPS) is 11.5. The van der Waals surface area contributed by atoms with E-state index in [2.05, 4.69) is 41.8 Å². The molecule has 128 valence electrons. The second kappa shape index (κ2) is 7.05. The number of aromatic nitrogens is 1. The zero-order chi connectivity index (χ0) is 18.1. The fraction of sp³-hybridized carbons (Fsp3) is 0. The Balaban J connectivity index is 1.66. The number of benzene rings is 3. The molecule has 0 amide bonds. The average Bonchev–Trinajstić information content (AvgIpc) is 3.06. The van der Waals surface area contributed by atoms with E-state index in [4.69, 9.17) is 4.42 Å². The van der Waals surface area contributed by atoms with Gasteiger partial charge < -0.3 is 9.52 Å². The molecule has 4 aromatic rings. The van der Waals surface area contributed by atoms with Crippen molar-refractivity contribution in [3.63, 3.8) is 0 Å². The summed E-state index contributed by atoms with van der Waals surface area (Å²) in [6.07, 6.45) is 1.62. The highest BCUT2D eigenvalue weighted by Gasteiger charge is 2.08. The Morgan fingerprint density at radius 2 is 1.69 bits per heavy atom. The van der Waals surface area contributed by atoms with E-state index in [-0.39, 0.29) is 5.75 Å². The van der Waals surface area contributed by atoms with Crippen molar-refractivity contribution in [1.82, 2.24) is 4.98 Å². The molecule has 0 radical (unpaired) electrons. The molecule has 0 atom stereocenters. The van der Waals surface area contributed by atoms with E-state index in [1.54, 1.807) is 24.4 Å². The number of nitrogens with zero attached hydrogens (tertiary/aromatic N) is 2. The lowest BCUT2D eigenvalue weighted by atomic mass is 10.2. The molecular formula is C20H12Br2N2O2. The molecule has 0 spiro atoms. The Hall–Kier alpha value is -2.44. The third kappa shape index (κ3) is 3.57. The zero-order valence-corrected chi connectivity index (χ0v) is 16.5. The third-order valence-electron chi connectivity index (χ3n) is 3.80. The molecule has 0 unspecified atom stereocenters. The van der Waals surface area contributed by atoms with Gasteiger partial charge in [-0.25, -0.2) is 4.98 Å². The number of oxazole rings is 1.